The third kappa shape index (κ3) is 2.53. The molecule has 1 N–H and O–H groups in total. The number of aliphatic hydroxyl groups excluding tert-OH is 1. The van der Waals surface area contributed by atoms with E-state index >= 15 is 0 Å². The summed E-state index contributed by atoms with van der Waals surface area (Å²) in [6, 6.07) is 7.74. The number of aliphatic hydroxyl groups is 1. The molecular formula is C13H13N5OS. The van der Waals surface area contributed by atoms with Crippen molar-refractivity contribution in [3.8, 4) is 6.07 Å². The Balaban J connectivity index is 1.96. The van der Waals surface area contributed by atoms with E-state index in [1.54, 1.807) is 25.1 Å². The zero-order valence-electron chi connectivity index (χ0n) is 10.9. The number of tetrazole rings is 1. The third-order valence-electron chi connectivity index (χ3n) is 3.15. The Kier molecular flexibility index (Phi) is 3.42. The lowest BCUT2D eigenvalue weighted by Gasteiger charge is -2.11. The molecule has 1 heterocycles. The van der Waals surface area contributed by atoms with E-state index in [1.165, 1.54) is 11.8 Å². The lowest BCUT2D eigenvalue weighted by atomic mass is 10.1. The zero-order chi connectivity index (χ0) is 14.1. The van der Waals surface area contributed by atoms with Crippen molar-refractivity contribution < 1.29 is 5.11 Å². The number of nitriles is 1. The highest BCUT2D eigenvalue weighted by Gasteiger charge is 2.28. The van der Waals surface area contributed by atoms with Crippen LogP contribution in [-0.4, -0.2) is 25.3 Å². The smallest absolute Gasteiger partial charge is 0.214 e. The van der Waals surface area contributed by atoms with E-state index in [4.69, 9.17) is 5.26 Å². The first-order valence-electron chi connectivity index (χ1n) is 6.37. The summed E-state index contributed by atoms with van der Waals surface area (Å²) in [4.78, 5) is 0.816. The monoisotopic (exact) mass is 287 g/mol. The standard InChI is InChI=1S/C13H13N5OS/c1-8(19)11-5-2-9(7-14)6-12(11)20-13-15-16-17-18(13)10-3-4-10/h2,5-6,8,10,19H,3-4H2,1H3/t8-/m0/s1. The minimum atomic E-state index is -0.601. The van der Waals surface area contributed by atoms with E-state index in [0.29, 0.717) is 16.8 Å². The van der Waals surface area contributed by atoms with Crippen molar-refractivity contribution in [2.45, 2.75) is 42.0 Å². The maximum absolute atomic E-state index is 9.83. The van der Waals surface area contributed by atoms with Crippen LogP contribution in [0.2, 0.25) is 0 Å². The van der Waals surface area contributed by atoms with Gasteiger partial charge in [0.25, 0.3) is 0 Å². The minimum Gasteiger partial charge on any atom is -0.389 e. The van der Waals surface area contributed by atoms with Crippen molar-refractivity contribution in [3.05, 3.63) is 29.3 Å². The molecule has 2 aromatic rings. The van der Waals surface area contributed by atoms with Gasteiger partial charge in [0.2, 0.25) is 5.16 Å². The van der Waals surface area contributed by atoms with Gasteiger partial charge in [0.15, 0.2) is 0 Å². The summed E-state index contributed by atoms with van der Waals surface area (Å²) in [6.45, 7) is 1.70. The summed E-state index contributed by atoms with van der Waals surface area (Å²) in [6.07, 6.45) is 1.59. The molecule has 20 heavy (non-hydrogen) atoms. The second-order valence-corrected chi connectivity index (χ2v) is 5.79. The van der Waals surface area contributed by atoms with Gasteiger partial charge in [-0.2, -0.15) is 5.26 Å². The van der Waals surface area contributed by atoms with Crippen molar-refractivity contribution in [2.75, 3.05) is 0 Å². The van der Waals surface area contributed by atoms with Crippen LogP contribution >= 0.6 is 11.8 Å². The van der Waals surface area contributed by atoms with Gasteiger partial charge in [-0.25, -0.2) is 4.68 Å². The Hall–Kier alpha value is -1.91. The van der Waals surface area contributed by atoms with Gasteiger partial charge < -0.3 is 5.11 Å². The van der Waals surface area contributed by atoms with E-state index in [1.807, 2.05) is 4.68 Å². The van der Waals surface area contributed by atoms with Crippen LogP contribution in [-0.2, 0) is 0 Å². The van der Waals surface area contributed by atoms with Crippen LogP contribution in [0.1, 0.15) is 43.0 Å². The molecule has 0 saturated heterocycles. The van der Waals surface area contributed by atoms with Gasteiger partial charge in [0, 0.05) is 4.90 Å². The Labute approximate surface area is 120 Å². The second kappa shape index (κ2) is 5.23. The molecule has 0 amide bonds. The highest BCUT2D eigenvalue weighted by Crippen LogP contribution is 2.39. The van der Waals surface area contributed by atoms with Gasteiger partial charge in [0.05, 0.1) is 23.8 Å². The molecule has 0 unspecified atom stereocenters. The van der Waals surface area contributed by atoms with Crippen LogP contribution in [0.5, 0.6) is 0 Å². The molecule has 1 saturated carbocycles. The summed E-state index contributed by atoms with van der Waals surface area (Å²) in [7, 11) is 0. The average Bonchev–Trinajstić information content (AvgIpc) is 3.19. The van der Waals surface area contributed by atoms with E-state index < -0.39 is 6.10 Å². The normalized spacial score (nSPS) is 15.8. The summed E-state index contributed by atoms with van der Waals surface area (Å²) in [5, 5.41) is 31.3. The van der Waals surface area contributed by atoms with Gasteiger partial charge in [-0.05, 0) is 59.7 Å². The van der Waals surface area contributed by atoms with Gasteiger partial charge in [-0.3, -0.25) is 0 Å². The van der Waals surface area contributed by atoms with E-state index in [0.717, 1.165) is 23.3 Å². The predicted molar refractivity (Wildman–Crippen MR) is 72.0 cm³/mol. The molecule has 1 atom stereocenters. The molecule has 0 radical (unpaired) electrons. The summed E-state index contributed by atoms with van der Waals surface area (Å²) < 4.78 is 1.82. The van der Waals surface area contributed by atoms with Crippen LogP contribution < -0.4 is 0 Å². The van der Waals surface area contributed by atoms with E-state index in [2.05, 4.69) is 21.6 Å². The summed E-state index contributed by atoms with van der Waals surface area (Å²) >= 11 is 1.39. The molecule has 1 aliphatic carbocycles. The van der Waals surface area contributed by atoms with Crippen LogP contribution in [0.4, 0.5) is 0 Å². The highest BCUT2D eigenvalue weighted by atomic mass is 32.2. The topological polar surface area (TPSA) is 87.6 Å². The average molecular weight is 287 g/mol. The van der Waals surface area contributed by atoms with Gasteiger partial charge in [-0.15, -0.1) is 5.10 Å². The molecule has 1 aromatic carbocycles. The first-order chi connectivity index (χ1) is 9.69. The molecule has 3 rings (SSSR count). The summed E-state index contributed by atoms with van der Waals surface area (Å²) in [5.41, 5.74) is 1.33. The largest absolute Gasteiger partial charge is 0.389 e. The van der Waals surface area contributed by atoms with Crippen molar-refractivity contribution in [2.24, 2.45) is 0 Å². The highest BCUT2D eigenvalue weighted by molar-refractivity contribution is 7.99. The van der Waals surface area contributed by atoms with Gasteiger partial charge in [-0.1, -0.05) is 6.07 Å². The molecule has 0 spiro atoms. The predicted octanol–water partition coefficient (Wildman–Crippen LogP) is 2.08. The molecule has 0 bridgehead atoms. The Morgan fingerprint density at radius 3 is 2.95 bits per heavy atom. The number of benzene rings is 1. The fourth-order valence-electron chi connectivity index (χ4n) is 1.94. The molecule has 7 heteroatoms. The number of hydrogen-bond donors (Lipinski definition) is 1. The maximum atomic E-state index is 9.83. The second-order valence-electron chi connectivity index (χ2n) is 4.78. The minimum absolute atomic E-state index is 0.390. The molecule has 6 nitrogen and oxygen atoms in total. The quantitative estimate of drug-likeness (QED) is 0.926. The van der Waals surface area contributed by atoms with Crippen molar-refractivity contribution in [1.82, 2.24) is 20.2 Å². The lowest BCUT2D eigenvalue weighted by Crippen LogP contribution is -2.00. The van der Waals surface area contributed by atoms with Crippen LogP contribution in [0, 0.1) is 11.3 Å². The zero-order valence-corrected chi connectivity index (χ0v) is 11.7. The first-order valence-corrected chi connectivity index (χ1v) is 7.18. The maximum Gasteiger partial charge on any atom is 0.214 e. The lowest BCUT2D eigenvalue weighted by molar-refractivity contribution is 0.196. The van der Waals surface area contributed by atoms with Crippen LogP contribution in [0.25, 0.3) is 0 Å². The van der Waals surface area contributed by atoms with E-state index in [-0.39, 0.29) is 0 Å². The Morgan fingerprint density at radius 2 is 2.30 bits per heavy atom. The van der Waals surface area contributed by atoms with Gasteiger partial charge in [0.1, 0.15) is 0 Å². The van der Waals surface area contributed by atoms with Gasteiger partial charge >= 0.3 is 0 Å². The molecule has 1 fully saturated rings. The Morgan fingerprint density at radius 1 is 1.50 bits per heavy atom. The SMILES string of the molecule is C[C@H](O)c1ccc(C#N)cc1Sc1nnnn1C1CC1. The number of rotatable bonds is 4. The first kappa shape index (κ1) is 13.1. The molecular weight excluding hydrogens is 274 g/mol. The van der Waals surface area contributed by atoms with Crippen molar-refractivity contribution in [1.29, 1.82) is 5.26 Å². The number of hydrogen-bond acceptors (Lipinski definition) is 6. The molecule has 0 aliphatic heterocycles. The van der Waals surface area contributed by atoms with E-state index in [9.17, 15) is 5.11 Å². The van der Waals surface area contributed by atoms with Crippen molar-refractivity contribution >= 4 is 11.8 Å². The fraction of sp³-hybridized carbons (Fsp3) is 0.385. The number of aromatic nitrogens is 4. The van der Waals surface area contributed by atoms with Crippen LogP contribution in [0.3, 0.4) is 0 Å². The number of nitrogens with zero attached hydrogens (tertiary/aromatic N) is 5. The summed E-state index contributed by atoms with van der Waals surface area (Å²) in [5.74, 6) is 0. The fourth-order valence-corrected chi connectivity index (χ4v) is 3.03. The van der Waals surface area contributed by atoms with Crippen LogP contribution in [0.15, 0.2) is 28.3 Å². The molecule has 1 aromatic heterocycles. The Bertz CT molecular complexity index is 672. The molecule has 102 valence electrons. The third-order valence-corrected chi connectivity index (χ3v) is 4.17. The molecule has 1 aliphatic rings. The van der Waals surface area contributed by atoms with Crippen molar-refractivity contribution in [3.63, 3.8) is 0 Å².